The maximum absolute atomic E-state index is 12.7. The van der Waals surface area contributed by atoms with Crippen LogP contribution in [0.5, 0.6) is 0 Å². The Morgan fingerprint density at radius 2 is 2.04 bits per heavy atom. The van der Waals surface area contributed by atoms with Crippen molar-refractivity contribution in [1.82, 2.24) is 5.32 Å². The van der Waals surface area contributed by atoms with E-state index in [-0.39, 0.29) is 11.9 Å². The molecular formula is C18H26N2O4S. The molecule has 1 aromatic rings. The van der Waals surface area contributed by atoms with E-state index in [1.165, 1.54) is 7.11 Å². The van der Waals surface area contributed by atoms with Crippen LogP contribution in [0.15, 0.2) is 24.3 Å². The topological polar surface area (TPSA) is 76.7 Å². The standard InChI is InChI=1S/C18H26N2O4S/c1-23-16(21)6-11-25-13-14-4-3-5-15(12-14)20-17(22)18(24-2)7-9-19-10-8-18/h3-5,12,19H,6-11,13H2,1-2H3,(H,20,22). The molecule has 0 aromatic heterocycles. The minimum Gasteiger partial charge on any atom is -0.469 e. The third-order valence-corrected chi connectivity index (χ3v) is 5.38. The molecule has 6 nitrogen and oxygen atoms in total. The van der Waals surface area contributed by atoms with Gasteiger partial charge in [-0.15, -0.1) is 0 Å². The fourth-order valence-electron chi connectivity index (χ4n) is 2.79. The Morgan fingerprint density at radius 3 is 2.72 bits per heavy atom. The van der Waals surface area contributed by atoms with Gasteiger partial charge in [0, 0.05) is 24.3 Å². The molecular weight excluding hydrogens is 340 g/mol. The number of nitrogens with one attached hydrogen (secondary N) is 2. The lowest BCUT2D eigenvalue weighted by atomic mass is 9.91. The maximum atomic E-state index is 12.7. The summed E-state index contributed by atoms with van der Waals surface area (Å²) < 4.78 is 10.2. The molecule has 0 atom stereocenters. The van der Waals surface area contributed by atoms with Crippen LogP contribution in [0.25, 0.3) is 0 Å². The Hall–Kier alpha value is -1.57. The van der Waals surface area contributed by atoms with E-state index in [9.17, 15) is 9.59 Å². The van der Waals surface area contributed by atoms with Crippen molar-refractivity contribution in [3.8, 4) is 0 Å². The lowest BCUT2D eigenvalue weighted by Gasteiger charge is -2.34. The molecule has 0 unspecified atom stereocenters. The van der Waals surface area contributed by atoms with E-state index in [0.29, 0.717) is 25.0 Å². The number of hydrogen-bond donors (Lipinski definition) is 2. The van der Waals surface area contributed by atoms with Crippen molar-refractivity contribution >= 4 is 29.3 Å². The van der Waals surface area contributed by atoms with Crippen molar-refractivity contribution in [1.29, 1.82) is 0 Å². The van der Waals surface area contributed by atoms with E-state index < -0.39 is 5.60 Å². The van der Waals surface area contributed by atoms with Crippen molar-refractivity contribution in [2.45, 2.75) is 30.6 Å². The lowest BCUT2D eigenvalue weighted by molar-refractivity contribution is -0.141. The zero-order valence-corrected chi connectivity index (χ0v) is 15.6. The van der Waals surface area contributed by atoms with Crippen LogP contribution in [0, 0.1) is 0 Å². The van der Waals surface area contributed by atoms with Gasteiger partial charge in [0.25, 0.3) is 5.91 Å². The van der Waals surface area contributed by atoms with Gasteiger partial charge in [-0.2, -0.15) is 11.8 Å². The van der Waals surface area contributed by atoms with E-state index in [4.69, 9.17) is 4.74 Å². The van der Waals surface area contributed by atoms with Gasteiger partial charge in [-0.05, 0) is 43.6 Å². The zero-order chi connectivity index (χ0) is 18.1. The summed E-state index contributed by atoms with van der Waals surface area (Å²) >= 11 is 1.66. The van der Waals surface area contributed by atoms with Gasteiger partial charge in [0.15, 0.2) is 0 Å². The lowest BCUT2D eigenvalue weighted by Crippen LogP contribution is -2.51. The van der Waals surface area contributed by atoms with Crippen LogP contribution in [0.4, 0.5) is 5.69 Å². The number of anilines is 1. The Kier molecular flexibility index (Phi) is 7.74. The smallest absolute Gasteiger partial charge is 0.306 e. The highest BCUT2D eigenvalue weighted by Gasteiger charge is 2.39. The summed E-state index contributed by atoms with van der Waals surface area (Å²) in [6.07, 6.45) is 1.73. The number of piperidine rings is 1. The molecule has 1 amide bonds. The van der Waals surface area contributed by atoms with Crippen LogP contribution in [0.1, 0.15) is 24.8 Å². The van der Waals surface area contributed by atoms with E-state index >= 15 is 0 Å². The summed E-state index contributed by atoms with van der Waals surface area (Å²) in [5.41, 5.74) is 1.12. The molecule has 1 saturated heterocycles. The average molecular weight is 366 g/mol. The van der Waals surface area contributed by atoms with Crippen LogP contribution in [0.3, 0.4) is 0 Å². The molecule has 1 fully saturated rings. The monoisotopic (exact) mass is 366 g/mol. The number of benzene rings is 1. The molecule has 0 radical (unpaired) electrons. The summed E-state index contributed by atoms with van der Waals surface area (Å²) in [5.74, 6) is 1.20. The molecule has 7 heteroatoms. The van der Waals surface area contributed by atoms with E-state index in [0.717, 1.165) is 30.1 Å². The van der Waals surface area contributed by atoms with Crippen molar-refractivity contribution in [3.05, 3.63) is 29.8 Å². The Balaban J connectivity index is 1.89. The number of hydrogen-bond acceptors (Lipinski definition) is 6. The van der Waals surface area contributed by atoms with Crippen LogP contribution in [-0.4, -0.2) is 50.5 Å². The number of carbonyl (C=O) groups is 2. The molecule has 2 N–H and O–H groups in total. The molecule has 1 aliphatic heterocycles. The van der Waals surface area contributed by atoms with Crippen LogP contribution < -0.4 is 10.6 Å². The summed E-state index contributed by atoms with van der Waals surface area (Å²) in [6.45, 7) is 1.55. The third-order valence-electron chi connectivity index (χ3n) is 4.35. The molecule has 1 heterocycles. The van der Waals surface area contributed by atoms with Gasteiger partial charge in [-0.1, -0.05) is 12.1 Å². The number of carbonyl (C=O) groups excluding carboxylic acids is 2. The van der Waals surface area contributed by atoms with E-state index in [1.807, 2.05) is 24.3 Å². The molecule has 0 aliphatic carbocycles. The molecule has 138 valence electrons. The number of ether oxygens (including phenoxy) is 2. The van der Waals surface area contributed by atoms with Gasteiger partial charge in [0.05, 0.1) is 13.5 Å². The second-order valence-electron chi connectivity index (χ2n) is 5.98. The Morgan fingerprint density at radius 1 is 1.28 bits per heavy atom. The predicted octanol–water partition coefficient (Wildman–Crippen LogP) is 2.19. The Labute approximate surface area is 153 Å². The maximum Gasteiger partial charge on any atom is 0.306 e. The quantitative estimate of drug-likeness (QED) is 0.543. The molecule has 2 rings (SSSR count). The van der Waals surface area contributed by atoms with Crippen molar-refractivity contribution in [2.24, 2.45) is 0 Å². The second-order valence-corrected chi connectivity index (χ2v) is 7.09. The predicted molar refractivity (Wildman–Crippen MR) is 99.7 cm³/mol. The minimum absolute atomic E-state index is 0.0907. The molecule has 0 bridgehead atoms. The van der Waals surface area contributed by atoms with Crippen LogP contribution in [0.2, 0.25) is 0 Å². The number of esters is 1. The fourth-order valence-corrected chi connectivity index (χ4v) is 3.66. The van der Waals surface area contributed by atoms with Gasteiger partial charge in [-0.25, -0.2) is 0 Å². The van der Waals surface area contributed by atoms with Crippen LogP contribution in [-0.2, 0) is 24.8 Å². The molecule has 1 aliphatic rings. The molecule has 0 spiro atoms. The fraction of sp³-hybridized carbons (Fsp3) is 0.556. The summed E-state index contributed by atoms with van der Waals surface area (Å²) in [4.78, 5) is 23.8. The molecule has 0 saturated carbocycles. The van der Waals surface area contributed by atoms with Gasteiger partial charge >= 0.3 is 5.97 Å². The largest absolute Gasteiger partial charge is 0.469 e. The third kappa shape index (κ3) is 5.73. The first-order chi connectivity index (χ1) is 12.1. The van der Waals surface area contributed by atoms with E-state index in [1.54, 1.807) is 18.9 Å². The average Bonchev–Trinajstić information content (AvgIpc) is 2.65. The number of methoxy groups -OCH3 is 2. The highest BCUT2D eigenvalue weighted by molar-refractivity contribution is 7.98. The number of amides is 1. The molecule has 25 heavy (non-hydrogen) atoms. The highest BCUT2D eigenvalue weighted by Crippen LogP contribution is 2.25. The summed E-state index contributed by atoms with van der Waals surface area (Å²) in [6, 6.07) is 7.78. The van der Waals surface area contributed by atoms with Crippen molar-refractivity contribution in [3.63, 3.8) is 0 Å². The first-order valence-electron chi connectivity index (χ1n) is 8.40. The zero-order valence-electron chi connectivity index (χ0n) is 14.8. The number of thioether (sulfide) groups is 1. The van der Waals surface area contributed by atoms with Gasteiger partial charge < -0.3 is 20.1 Å². The first kappa shape index (κ1) is 19.8. The van der Waals surface area contributed by atoms with E-state index in [2.05, 4.69) is 15.4 Å². The second kappa shape index (κ2) is 9.79. The summed E-state index contributed by atoms with van der Waals surface area (Å²) in [5, 5.41) is 6.23. The molecule has 1 aromatic carbocycles. The SMILES string of the molecule is COC(=O)CCSCc1cccc(NC(=O)C2(OC)CCNCC2)c1. The van der Waals surface area contributed by atoms with Gasteiger partial charge in [0.2, 0.25) is 0 Å². The summed E-state index contributed by atoms with van der Waals surface area (Å²) in [7, 11) is 2.99. The Bertz CT molecular complexity index is 588. The highest BCUT2D eigenvalue weighted by atomic mass is 32.2. The van der Waals surface area contributed by atoms with Crippen LogP contribution >= 0.6 is 11.8 Å². The van der Waals surface area contributed by atoms with Gasteiger partial charge in [0.1, 0.15) is 5.60 Å². The normalized spacial score (nSPS) is 16.2. The van der Waals surface area contributed by atoms with Crippen molar-refractivity contribution < 1.29 is 19.1 Å². The number of rotatable bonds is 8. The first-order valence-corrected chi connectivity index (χ1v) is 9.56. The van der Waals surface area contributed by atoms with Crippen molar-refractivity contribution in [2.75, 3.05) is 38.4 Å². The van der Waals surface area contributed by atoms with Gasteiger partial charge in [-0.3, -0.25) is 9.59 Å². The minimum atomic E-state index is -0.753.